The lowest BCUT2D eigenvalue weighted by Gasteiger charge is -2.35. The smallest absolute Gasteiger partial charge is 0.163 e. The zero-order valence-corrected chi connectivity index (χ0v) is 11.7. The lowest BCUT2D eigenvalue weighted by Crippen LogP contribution is -2.33. The molecule has 1 unspecified atom stereocenters. The maximum Gasteiger partial charge on any atom is 0.163 e. The van der Waals surface area contributed by atoms with Crippen LogP contribution in [0.3, 0.4) is 0 Å². The van der Waals surface area contributed by atoms with E-state index < -0.39 is 11.6 Å². The van der Waals surface area contributed by atoms with Crippen LogP contribution in [0.1, 0.15) is 36.6 Å². The molecule has 0 radical (unpaired) electrons. The Hall–Kier alpha value is -1.88. The molecule has 1 atom stereocenters. The van der Waals surface area contributed by atoms with Crippen molar-refractivity contribution in [3.63, 3.8) is 0 Å². The van der Waals surface area contributed by atoms with E-state index in [1.165, 1.54) is 6.33 Å². The van der Waals surface area contributed by atoms with E-state index in [4.69, 9.17) is 0 Å². The predicted octanol–water partition coefficient (Wildman–Crippen LogP) is 3.48. The van der Waals surface area contributed by atoms with E-state index in [0.29, 0.717) is 12.1 Å². The topological polar surface area (TPSA) is 29.0 Å². The van der Waals surface area contributed by atoms with Crippen molar-refractivity contribution >= 4 is 0 Å². The van der Waals surface area contributed by atoms with Crippen molar-refractivity contribution in [3.05, 3.63) is 59.7 Å². The second-order valence-electron chi connectivity index (χ2n) is 5.33. The van der Waals surface area contributed by atoms with Crippen LogP contribution in [0, 0.1) is 11.6 Å². The molecule has 1 aliphatic heterocycles. The number of benzene rings is 1. The van der Waals surface area contributed by atoms with E-state index in [2.05, 4.69) is 14.9 Å². The fourth-order valence-corrected chi connectivity index (χ4v) is 2.90. The van der Waals surface area contributed by atoms with Crippen molar-refractivity contribution in [2.75, 3.05) is 6.54 Å². The second kappa shape index (κ2) is 6.26. The van der Waals surface area contributed by atoms with E-state index in [1.807, 2.05) is 6.07 Å². The quantitative estimate of drug-likeness (QED) is 0.866. The monoisotopic (exact) mass is 289 g/mol. The summed E-state index contributed by atoms with van der Waals surface area (Å²) in [7, 11) is 0. The molecule has 1 fully saturated rings. The highest BCUT2D eigenvalue weighted by atomic mass is 19.2. The maximum absolute atomic E-state index is 13.9. The van der Waals surface area contributed by atoms with Crippen molar-refractivity contribution in [2.45, 2.75) is 31.8 Å². The molecule has 1 saturated heterocycles. The molecule has 0 N–H and O–H groups in total. The third kappa shape index (κ3) is 3.08. The van der Waals surface area contributed by atoms with Gasteiger partial charge in [0.2, 0.25) is 0 Å². The molecule has 3 rings (SSSR count). The van der Waals surface area contributed by atoms with Gasteiger partial charge in [0, 0.05) is 18.3 Å². The Labute approximate surface area is 122 Å². The van der Waals surface area contributed by atoms with E-state index in [9.17, 15) is 8.78 Å². The molecular weight excluding hydrogens is 272 g/mol. The van der Waals surface area contributed by atoms with Gasteiger partial charge in [0.1, 0.15) is 6.33 Å². The Balaban J connectivity index is 1.83. The van der Waals surface area contributed by atoms with Crippen LogP contribution < -0.4 is 0 Å². The van der Waals surface area contributed by atoms with Crippen LogP contribution in [-0.4, -0.2) is 21.4 Å². The van der Waals surface area contributed by atoms with E-state index >= 15 is 0 Å². The first-order chi connectivity index (χ1) is 10.3. The zero-order chi connectivity index (χ0) is 14.7. The summed E-state index contributed by atoms with van der Waals surface area (Å²) in [6, 6.07) is 6.38. The number of likely N-dealkylation sites (tertiary alicyclic amines) is 1. The third-order valence-corrected chi connectivity index (χ3v) is 3.96. The summed E-state index contributed by atoms with van der Waals surface area (Å²) >= 11 is 0. The minimum atomic E-state index is -0.789. The van der Waals surface area contributed by atoms with E-state index in [-0.39, 0.29) is 6.04 Å². The number of halogens is 2. The van der Waals surface area contributed by atoms with Crippen molar-refractivity contribution in [2.24, 2.45) is 0 Å². The Morgan fingerprint density at radius 2 is 2.10 bits per heavy atom. The average Bonchev–Trinajstić information content (AvgIpc) is 2.53. The fourth-order valence-electron chi connectivity index (χ4n) is 2.90. The van der Waals surface area contributed by atoms with Gasteiger partial charge >= 0.3 is 0 Å². The molecule has 1 aliphatic rings. The van der Waals surface area contributed by atoms with Crippen LogP contribution in [-0.2, 0) is 6.54 Å². The summed E-state index contributed by atoms with van der Waals surface area (Å²) in [5, 5.41) is 0. The SMILES string of the molecule is Fc1cccc(CN2CCCCC2c2ccncn2)c1F. The predicted molar refractivity (Wildman–Crippen MR) is 75.4 cm³/mol. The largest absolute Gasteiger partial charge is 0.290 e. The fraction of sp³-hybridized carbons (Fsp3) is 0.375. The summed E-state index contributed by atoms with van der Waals surface area (Å²) in [6.07, 6.45) is 6.42. The molecule has 2 aromatic rings. The van der Waals surface area contributed by atoms with Crippen LogP contribution in [0.4, 0.5) is 8.78 Å². The first-order valence-electron chi connectivity index (χ1n) is 7.18. The van der Waals surface area contributed by atoms with Crippen LogP contribution in [0.15, 0.2) is 36.8 Å². The summed E-state index contributed by atoms with van der Waals surface area (Å²) < 4.78 is 27.2. The van der Waals surface area contributed by atoms with Crippen LogP contribution in [0.25, 0.3) is 0 Å². The van der Waals surface area contributed by atoms with Crippen molar-refractivity contribution in [1.82, 2.24) is 14.9 Å². The number of rotatable bonds is 3. The summed E-state index contributed by atoms with van der Waals surface area (Å²) in [5.41, 5.74) is 1.34. The number of aromatic nitrogens is 2. The van der Waals surface area contributed by atoms with E-state index in [0.717, 1.165) is 37.6 Å². The number of hydrogen-bond acceptors (Lipinski definition) is 3. The third-order valence-electron chi connectivity index (χ3n) is 3.96. The molecule has 0 spiro atoms. The van der Waals surface area contributed by atoms with Gasteiger partial charge in [-0.25, -0.2) is 18.7 Å². The molecule has 0 amide bonds. The lowest BCUT2D eigenvalue weighted by atomic mass is 9.98. The Kier molecular flexibility index (Phi) is 4.20. The highest BCUT2D eigenvalue weighted by molar-refractivity contribution is 5.19. The van der Waals surface area contributed by atoms with Gasteiger partial charge in [0.25, 0.3) is 0 Å². The number of piperidine rings is 1. The van der Waals surface area contributed by atoms with Gasteiger partial charge in [-0.05, 0) is 31.5 Å². The second-order valence-corrected chi connectivity index (χ2v) is 5.33. The maximum atomic E-state index is 13.9. The van der Waals surface area contributed by atoms with Crippen LogP contribution in [0.5, 0.6) is 0 Å². The molecule has 0 saturated carbocycles. The molecule has 21 heavy (non-hydrogen) atoms. The first kappa shape index (κ1) is 14.1. The molecule has 0 aliphatic carbocycles. The van der Waals surface area contributed by atoms with Gasteiger partial charge in [0.15, 0.2) is 11.6 Å². The minimum absolute atomic E-state index is 0.143. The molecule has 110 valence electrons. The average molecular weight is 289 g/mol. The first-order valence-corrected chi connectivity index (χ1v) is 7.18. The Morgan fingerprint density at radius 3 is 2.90 bits per heavy atom. The number of nitrogens with zero attached hydrogens (tertiary/aromatic N) is 3. The van der Waals surface area contributed by atoms with Crippen LogP contribution >= 0.6 is 0 Å². The standard InChI is InChI=1S/C16H17F2N3/c17-13-5-3-4-12(16(13)18)10-21-9-2-1-6-15(21)14-7-8-19-11-20-14/h3-5,7-8,11,15H,1-2,6,9-10H2. The molecule has 3 nitrogen and oxygen atoms in total. The molecule has 0 bridgehead atoms. The molecule has 5 heteroatoms. The highest BCUT2D eigenvalue weighted by Gasteiger charge is 2.26. The normalized spacial score (nSPS) is 19.6. The van der Waals surface area contributed by atoms with Gasteiger partial charge in [0.05, 0.1) is 11.7 Å². The summed E-state index contributed by atoms with van der Waals surface area (Å²) in [4.78, 5) is 10.4. The van der Waals surface area contributed by atoms with Crippen molar-refractivity contribution < 1.29 is 8.78 Å². The molecule has 1 aromatic carbocycles. The van der Waals surface area contributed by atoms with Crippen LogP contribution in [0.2, 0.25) is 0 Å². The lowest BCUT2D eigenvalue weighted by molar-refractivity contribution is 0.135. The Bertz CT molecular complexity index is 604. The van der Waals surface area contributed by atoms with Gasteiger partial charge in [-0.15, -0.1) is 0 Å². The van der Waals surface area contributed by atoms with Gasteiger partial charge in [-0.2, -0.15) is 0 Å². The summed E-state index contributed by atoms with van der Waals surface area (Å²) in [6.45, 7) is 1.27. The highest BCUT2D eigenvalue weighted by Crippen LogP contribution is 2.31. The Morgan fingerprint density at radius 1 is 1.19 bits per heavy atom. The van der Waals surface area contributed by atoms with Crippen molar-refractivity contribution in [3.8, 4) is 0 Å². The molecule has 2 heterocycles. The van der Waals surface area contributed by atoms with Crippen molar-refractivity contribution in [1.29, 1.82) is 0 Å². The molecular formula is C16H17F2N3. The number of hydrogen-bond donors (Lipinski definition) is 0. The minimum Gasteiger partial charge on any atom is -0.290 e. The van der Waals surface area contributed by atoms with Gasteiger partial charge in [-0.1, -0.05) is 18.6 Å². The summed E-state index contributed by atoms with van der Waals surface area (Å²) in [5.74, 6) is -1.53. The van der Waals surface area contributed by atoms with Gasteiger partial charge in [-0.3, -0.25) is 4.90 Å². The zero-order valence-electron chi connectivity index (χ0n) is 11.7. The molecule has 1 aromatic heterocycles. The van der Waals surface area contributed by atoms with Gasteiger partial charge < -0.3 is 0 Å². The van der Waals surface area contributed by atoms with E-state index in [1.54, 1.807) is 18.3 Å².